The molecule has 21 heavy (non-hydrogen) atoms. The van der Waals surface area contributed by atoms with Gasteiger partial charge in [0, 0.05) is 5.56 Å². The summed E-state index contributed by atoms with van der Waals surface area (Å²) in [4.78, 5) is 5.00. The molecule has 1 aliphatic rings. The van der Waals surface area contributed by atoms with Crippen molar-refractivity contribution in [1.29, 1.82) is 0 Å². The third kappa shape index (κ3) is 3.21. The van der Waals surface area contributed by atoms with Crippen LogP contribution in [0.3, 0.4) is 0 Å². The molecule has 0 bridgehead atoms. The molecule has 1 aromatic rings. The van der Waals surface area contributed by atoms with Crippen LogP contribution < -0.4 is 5.48 Å². The van der Waals surface area contributed by atoms with E-state index in [4.69, 9.17) is 4.84 Å². The predicted molar refractivity (Wildman–Crippen MR) is 65.2 cm³/mol. The monoisotopic (exact) mass is 326 g/mol. The highest BCUT2D eigenvalue weighted by atomic mass is 32.2. The third-order valence-electron chi connectivity index (χ3n) is 2.82. The molecule has 0 aliphatic carbocycles. The Kier molecular flexibility index (Phi) is 3.57. The number of hydrogen-bond donors (Lipinski definition) is 1. The van der Waals surface area contributed by atoms with E-state index in [1.54, 1.807) is 13.8 Å². The number of sulfone groups is 1. The van der Waals surface area contributed by atoms with Crippen LogP contribution in [0.5, 0.6) is 0 Å². The van der Waals surface area contributed by atoms with Crippen LogP contribution in [0.4, 0.5) is 13.2 Å². The molecule has 1 aliphatic heterocycles. The van der Waals surface area contributed by atoms with Crippen LogP contribution in [-0.2, 0) is 26.6 Å². The van der Waals surface area contributed by atoms with Gasteiger partial charge in [0.2, 0.25) is 0 Å². The van der Waals surface area contributed by atoms with Gasteiger partial charge in [-0.3, -0.25) is 10.3 Å². The SMILES string of the molecule is Cc1onc(C(F)(F)F)c1CS(=O)(=O)C1=CC(C)(C)ON1. The maximum Gasteiger partial charge on any atom is 0.437 e. The summed E-state index contributed by atoms with van der Waals surface area (Å²) in [6, 6.07) is 0. The van der Waals surface area contributed by atoms with Crippen molar-refractivity contribution in [1.82, 2.24) is 10.6 Å². The molecular formula is C11H13F3N2O4S. The van der Waals surface area contributed by atoms with Crippen LogP contribution in [0.15, 0.2) is 15.6 Å². The average molecular weight is 326 g/mol. The summed E-state index contributed by atoms with van der Waals surface area (Å²) in [6.45, 7) is 4.44. The molecule has 10 heteroatoms. The van der Waals surface area contributed by atoms with Gasteiger partial charge >= 0.3 is 6.18 Å². The Morgan fingerprint density at radius 2 is 2.00 bits per heavy atom. The van der Waals surface area contributed by atoms with Gasteiger partial charge in [-0.25, -0.2) is 8.42 Å². The summed E-state index contributed by atoms with van der Waals surface area (Å²) >= 11 is 0. The van der Waals surface area contributed by atoms with Crippen molar-refractivity contribution in [3.63, 3.8) is 0 Å². The first-order valence-electron chi connectivity index (χ1n) is 5.84. The molecular weight excluding hydrogens is 313 g/mol. The Balaban J connectivity index is 2.37. The highest BCUT2D eigenvalue weighted by Crippen LogP contribution is 2.34. The molecule has 0 unspecified atom stereocenters. The molecule has 2 heterocycles. The Bertz CT molecular complexity index is 689. The summed E-state index contributed by atoms with van der Waals surface area (Å²) in [5.74, 6) is -1.07. The largest absolute Gasteiger partial charge is 0.437 e. The van der Waals surface area contributed by atoms with Gasteiger partial charge in [0.25, 0.3) is 0 Å². The smallest absolute Gasteiger partial charge is 0.361 e. The lowest BCUT2D eigenvalue weighted by Crippen LogP contribution is -2.23. The number of alkyl halides is 3. The summed E-state index contributed by atoms with van der Waals surface area (Å²) in [6.07, 6.45) is -3.49. The first-order chi connectivity index (χ1) is 9.42. The number of nitrogens with one attached hydrogen (secondary N) is 1. The zero-order chi connectivity index (χ0) is 16.1. The number of hydrogen-bond acceptors (Lipinski definition) is 6. The molecule has 0 saturated carbocycles. The van der Waals surface area contributed by atoms with Crippen molar-refractivity contribution in [2.75, 3.05) is 0 Å². The van der Waals surface area contributed by atoms with Crippen molar-refractivity contribution in [2.45, 2.75) is 38.3 Å². The van der Waals surface area contributed by atoms with Crippen molar-refractivity contribution in [2.24, 2.45) is 0 Å². The standard InChI is InChI=1S/C11H13F3N2O4S/c1-6-7(9(16-19-6)11(12,13)14)5-21(17,18)8-4-10(2,3)20-15-8/h4,15H,5H2,1-3H3. The van der Waals surface area contributed by atoms with Gasteiger partial charge < -0.3 is 4.52 Å². The summed E-state index contributed by atoms with van der Waals surface area (Å²) < 4.78 is 67.1. The molecule has 0 spiro atoms. The second-order valence-corrected chi connectivity index (χ2v) is 7.10. The fraction of sp³-hybridized carbons (Fsp3) is 0.545. The predicted octanol–water partition coefficient (Wildman–Crippen LogP) is 2.07. The third-order valence-corrected chi connectivity index (χ3v) is 4.36. The zero-order valence-electron chi connectivity index (χ0n) is 11.4. The van der Waals surface area contributed by atoms with E-state index in [-0.39, 0.29) is 10.8 Å². The van der Waals surface area contributed by atoms with E-state index in [0.29, 0.717) is 0 Å². The van der Waals surface area contributed by atoms with E-state index >= 15 is 0 Å². The number of aromatic nitrogens is 1. The minimum absolute atomic E-state index is 0.190. The normalized spacial score (nSPS) is 18.5. The number of hydroxylamine groups is 1. The van der Waals surface area contributed by atoms with Gasteiger partial charge in [-0.05, 0) is 26.8 Å². The van der Waals surface area contributed by atoms with Crippen molar-refractivity contribution >= 4 is 9.84 Å². The van der Waals surface area contributed by atoms with Gasteiger partial charge in [-0.2, -0.15) is 13.2 Å². The van der Waals surface area contributed by atoms with Crippen LogP contribution in [0.2, 0.25) is 0 Å². The highest BCUT2D eigenvalue weighted by molar-refractivity contribution is 7.94. The molecule has 0 radical (unpaired) electrons. The Labute approximate surface area is 118 Å². The van der Waals surface area contributed by atoms with E-state index in [1.165, 1.54) is 13.0 Å². The van der Waals surface area contributed by atoms with Gasteiger partial charge in [-0.15, -0.1) is 0 Å². The van der Waals surface area contributed by atoms with Crippen LogP contribution in [0.1, 0.15) is 30.9 Å². The molecule has 6 nitrogen and oxygen atoms in total. The molecule has 1 N–H and O–H groups in total. The zero-order valence-corrected chi connectivity index (χ0v) is 12.2. The number of halogens is 3. The second kappa shape index (κ2) is 4.73. The van der Waals surface area contributed by atoms with E-state index < -0.39 is 38.6 Å². The quantitative estimate of drug-likeness (QED) is 0.916. The molecule has 1 aromatic heterocycles. The first-order valence-corrected chi connectivity index (χ1v) is 7.49. The van der Waals surface area contributed by atoms with E-state index in [9.17, 15) is 21.6 Å². The fourth-order valence-corrected chi connectivity index (χ4v) is 3.27. The van der Waals surface area contributed by atoms with E-state index in [0.717, 1.165) is 0 Å². The summed E-state index contributed by atoms with van der Waals surface area (Å²) in [5.41, 5.74) is -0.480. The maximum absolute atomic E-state index is 12.8. The van der Waals surface area contributed by atoms with Crippen LogP contribution in [0.25, 0.3) is 0 Å². The molecule has 0 fully saturated rings. The van der Waals surface area contributed by atoms with Crippen molar-refractivity contribution in [3.05, 3.63) is 28.1 Å². The number of nitrogens with zero attached hydrogens (tertiary/aromatic N) is 1. The lowest BCUT2D eigenvalue weighted by atomic mass is 10.1. The molecule has 0 atom stereocenters. The molecule has 0 saturated heterocycles. The number of aryl methyl sites for hydroxylation is 1. The Hall–Kier alpha value is -1.55. The van der Waals surface area contributed by atoms with Gasteiger partial charge in [-0.1, -0.05) is 5.16 Å². The minimum atomic E-state index is -4.78. The van der Waals surface area contributed by atoms with Gasteiger partial charge in [0.15, 0.2) is 20.6 Å². The Morgan fingerprint density at radius 3 is 2.48 bits per heavy atom. The number of rotatable bonds is 3. The van der Waals surface area contributed by atoms with E-state index in [1.807, 2.05) is 0 Å². The Morgan fingerprint density at radius 1 is 1.38 bits per heavy atom. The second-order valence-electron chi connectivity index (χ2n) is 5.14. The molecule has 118 valence electrons. The average Bonchev–Trinajstić information content (AvgIpc) is 2.82. The van der Waals surface area contributed by atoms with Crippen molar-refractivity contribution in [3.8, 4) is 0 Å². The summed E-state index contributed by atoms with van der Waals surface area (Å²) in [7, 11) is -4.03. The highest BCUT2D eigenvalue weighted by Gasteiger charge is 2.41. The maximum atomic E-state index is 12.8. The van der Waals surface area contributed by atoms with Crippen LogP contribution >= 0.6 is 0 Å². The van der Waals surface area contributed by atoms with Gasteiger partial charge in [0.1, 0.15) is 11.4 Å². The fourth-order valence-electron chi connectivity index (χ4n) is 1.76. The van der Waals surface area contributed by atoms with Gasteiger partial charge in [0.05, 0.1) is 5.75 Å². The lowest BCUT2D eigenvalue weighted by Gasteiger charge is -2.11. The first kappa shape index (κ1) is 15.8. The topological polar surface area (TPSA) is 81.4 Å². The summed E-state index contributed by atoms with van der Waals surface area (Å²) in [5, 5.41) is 2.61. The van der Waals surface area contributed by atoms with Crippen LogP contribution in [0, 0.1) is 6.92 Å². The van der Waals surface area contributed by atoms with Crippen molar-refractivity contribution < 1.29 is 30.9 Å². The van der Waals surface area contributed by atoms with Crippen LogP contribution in [-0.4, -0.2) is 19.2 Å². The molecule has 0 amide bonds. The van der Waals surface area contributed by atoms with E-state index in [2.05, 4.69) is 15.2 Å². The minimum Gasteiger partial charge on any atom is -0.361 e. The lowest BCUT2D eigenvalue weighted by molar-refractivity contribution is -0.143. The molecule has 2 rings (SSSR count). The molecule has 0 aromatic carbocycles.